The number of aliphatic hydroxyl groups is 1. The van der Waals surface area contributed by atoms with Gasteiger partial charge in [0.05, 0.1) is 0 Å². The maximum absolute atomic E-state index is 12.1. The monoisotopic (exact) mass is 269 g/mol. The minimum absolute atomic E-state index is 0.0548. The number of amides is 1. The molecule has 18 heavy (non-hydrogen) atoms. The molecule has 4 heteroatoms. The molecular weight excluding hydrogens is 250 g/mol. The minimum Gasteiger partial charge on any atom is -0.396 e. The number of carbonyl (C=O) groups excluding carboxylic acids is 1. The summed E-state index contributed by atoms with van der Waals surface area (Å²) in [5, 5.41) is 12.6. The predicted octanol–water partition coefficient (Wildman–Crippen LogP) is 2.93. The highest BCUT2D eigenvalue weighted by Gasteiger charge is 2.24. The van der Waals surface area contributed by atoms with Crippen molar-refractivity contribution in [3.05, 3.63) is 34.3 Å². The van der Waals surface area contributed by atoms with Crippen LogP contribution in [0.2, 0.25) is 5.02 Å². The van der Waals surface area contributed by atoms with Gasteiger partial charge in [0.15, 0.2) is 0 Å². The van der Waals surface area contributed by atoms with Crippen LogP contribution >= 0.6 is 11.6 Å². The van der Waals surface area contributed by atoms with Gasteiger partial charge in [0.1, 0.15) is 0 Å². The maximum Gasteiger partial charge on any atom is 0.251 e. The first-order valence-corrected chi connectivity index (χ1v) is 6.49. The third-order valence-corrected chi connectivity index (χ3v) is 3.70. The van der Waals surface area contributed by atoms with Crippen molar-refractivity contribution in [2.75, 3.05) is 6.61 Å². The fourth-order valence-corrected chi connectivity index (χ4v) is 1.84. The van der Waals surface area contributed by atoms with Crippen LogP contribution in [0.4, 0.5) is 0 Å². The standard InChI is InChI=1S/C14H20ClNO2/c1-4-14(3,7-8-17)16-13(18)11-6-5-10(2)12(15)9-11/h5-6,9,17H,4,7-8H2,1-3H3,(H,16,18). The van der Waals surface area contributed by atoms with Gasteiger partial charge in [-0.25, -0.2) is 0 Å². The molecule has 1 aromatic carbocycles. The van der Waals surface area contributed by atoms with E-state index >= 15 is 0 Å². The van der Waals surface area contributed by atoms with Crippen LogP contribution in [0, 0.1) is 6.92 Å². The highest BCUT2D eigenvalue weighted by Crippen LogP contribution is 2.19. The Bertz CT molecular complexity index is 434. The molecule has 2 N–H and O–H groups in total. The first-order valence-electron chi connectivity index (χ1n) is 6.11. The number of rotatable bonds is 5. The molecule has 0 spiro atoms. The van der Waals surface area contributed by atoms with Gasteiger partial charge in [0.2, 0.25) is 0 Å². The van der Waals surface area contributed by atoms with Gasteiger partial charge in [-0.2, -0.15) is 0 Å². The van der Waals surface area contributed by atoms with Crippen molar-refractivity contribution in [3.8, 4) is 0 Å². The van der Waals surface area contributed by atoms with E-state index in [0.717, 1.165) is 12.0 Å². The van der Waals surface area contributed by atoms with Crippen molar-refractivity contribution in [3.63, 3.8) is 0 Å². The summed E-state index contributed by atoms with van der Waals surface area (Å²) in [6.45, 7) is 5.86. The molecule has 0 aliphatic carbocycles. The lowest BCUT2D eigenvalue weighted by Gasteiger charge is -2.29. The van der Waals surface area contributed by atoms with Crippen molar-refractivity contribution in [1.29, 1.82) is 0 Å². The van der Waals surface area contributed by atoms with Gasteiger partial charge >= 0.3 is 0 Å². The molecule has 0 radical (unpaired) electrons. The summed E-state index contributed by atoms with van der Waals surface area (Å²) in [5.74, 6) is -0.158. The summed E-state index contributed by atoms with van der Waals surface area (Å²) in [6, 6.07) is 5.25. The van der Waals surface area contributed by atoms with E-state index in [9.17, 15) is 4.79 Å². The Balaban J connectivity index is 2.84. The lowest BCUT2D eigenvalue weighted by atomic mass is 9.94. The minimum atomic E-state index is -0.386. The third kappa shape index (κ3) is 3.72. The largest absolute Gasteiger partial charge is 0.396 e. The van der Waals surface area contributed by atoms with E-state index in [4.69, 9.17) is 16.7 Å². The SMILES string of the molecule is CCC(C)(CCO)NC(=O)c1ccc(C)c(Cl)c1. The predicted molar refractivity (Wildman–Crippen MR) is 74.1 cm³/mol. The number of nitrogens with one attached hydrogen (secondary N) is 1. The molecule has 1 aromatic rings. The van der Waals surface area contributed by atoms with Crippen molar-refractivity contribution >= 4 is 17.5 Å². The molecule has 0 saturated heterocycles. The molecule has 3 nitrogen and oxygen atoms in total. The molecule has 1 unspecified atom stereocenters. The van der Waals surface area contributed by atoms with E-state index in [0.29, 0.717) is 17.0 Å². The summed E-state index contributed by atoms with van der Waals surface area (Å²) < 4.78 is 0. The zero-order valence-electron chi connectivity index (χ0n) is 11.1. The van der Waals surface area contributed by atoms with E-state index in [2.05, 4.69) is 5.32 Å². The molecule has 0 aliphatic rings. The highest BCUT2D eigenvalue weighted by atomic mass is 35.5. The molecule has 0 aromatic heterocycles. The topological polar surface area (TPSA) is 49.3 Å². The number of aryl methyl sites for hydroxylation is 1. The Labute approximate surface area is 113 Å². The van der Waals surface area contributed by atoms with Crippen molar-refractivity contribution in [2.45, 2.75) is 39.2 Å². The number of hydrogen-bond acceptors (Lipinski definition) is 2. The zero-order chi connectivity index (χ0) is 13.8. The van der Waals surface area contributed by atoms with Gasteiger partial charge < -0.3 is 10.4 Å². The lowest BCUT2D eigenvalue weighted by molar-refractivity contribution is 0.0886. The first-order chi connectivity index (χ1) is 8.41. The van der Waals surface area contributed by atoms with Crippen LogP contribution < -0.4 is 5.32 Å². The fourth-order valence-electron chi connectivity index (χ4n) is 1.65. The summed E-state index contributed by atoms with van der Waals surface area (Å²) in [7, 11) is 0. The summed E-state index contributed by atoms with van der Waals surface area (Å²) in [5.41, 5.74) is 1.11. The Morgan fingerprint density at radius 1 is 1.50 bits per heavy atom. The second-order valence-corrected chi connectivity index (χ2v) is 5.21. The molecule has 100 valence electrons. The summed E-state index contributed by atoms with van der Waals surface area (Å²) in [4.78, 5) is 12.1. The Hall–Kier alpha value is -1.06. The van der Waals surface area contributed by atoms with Crippen molar-refractivity contribution in [1.82, 2.24) is 5.32 Å². The van der Waals surface area contributed by atoms with Gasteiger partial charge in [-0.05, 0) is 44.4 Å². The van der Waals surface area contributed by atoms with Crippen LogP contribution in [0.25, 0.3) is 0 Å². The van der Waals surface area contributed by atoms with E-state index in [-0.39, 0.29) is 18.1 Å². The van der Waals surface area contributed by atoms with Crippen molar-refractivity contribution < 1.29 is 9.90 Å². The van der Waals surface area contributed by atoms with Gasteiger partial charge in [-0.1, -0.05) is 24.6 Å². The zero-order valence-corrected chi connectivity index (χ0v) is 11.8. The Kier molecular flexibility index (Phi) is 5.17. The molecule has 1 amide bonds. The number of halogens is 1. The quantitative estimate of drug-likeness (QED) is 0.863. The number of aliphatic hydroxyl groups excluding tert-OH is 1. The van der Waals surface area contributed by atoms with Gasteiger partial charge in [-0.15, -0.1) is 0 Å². The lowest BCUT2D eigenvalue weighted by Crippen LogP contribution is -2.46. The molecular formula is C14H20ClNO2. The van der Waals surface area contributed by atoms with Gasteiger partial charge in [0.25, 0.3) is 5.91 Å². The third-order valence-electron chi connectivity index (χ3n) is 3.29. The second kappa shape index (κ2) is 6.21. The van der Waals surface area contributed by atoms with Crippen LogP contribution in [-0.4, -0.2) is 23.2 Å². The maximum atomic E-state index is 12.1. The molecule has 0 fully saturated rings. The van der Waals surface area contributed by atoms with E-state index in [1.54, 1.807) is 12.1 Å². The van der Waals surface area contributed by atoms with Crippen LogP contribution in [0.3, 0.4) is 0 Å². The molecule has 0 heterocycles. The molecule has 1 atom stereocenters. The van der Waals surface area contributed by atoms with Crippen LogP contribution in [0.5, 0.6) is 0 Å². The van der Waals surface area contributed by atoms with Gasteiger partial charge in [0, 0.05) is 22.7 Å². The van der Waals surface area contributed by atoms with Crippen LogP contribution in [-0.2, 0) is 0 Å². The highest BCUT2D eigenvalue weighted by molar-refractivity contribution is 6.31. The van der Waals surface area contributed by atoms with Crippen molar-refractivity contribution in [2.24, 2.45) is 0 Å². The van der Waals surface area contributed by atoms with E-state index < -0.39 is 0 Å². The smallest absolute Gasteiger partial charge is 0.251 e. The van der Waals surface area contributed by atoms with Crippen LogP contribution in [0.15, 0.2) is 18.2 Å². The summed E-state index contributed by atoms with van der Waals surface area (Å²) in [6.07, 6.45) is 1.30. The molecule has 0 bridgehead atoms. The number of benzene rings is 1. The van der Waals surface area contributed by atoms with E-state index in [1.165, 1.54) is 0 Å². The van der Waals surface area contributed by atoms with Gasteiger partial charge in [-0.3, -0.25) is 4.79 Å². The molecule has 1 rings (SSSR count). The fraction of sp³-hybridized carbons (Fsp3) is 0.500. The second-order valence-electron chi connectivity index (χ2n) is 4.81. The Morgan fingerprint density at radius 2 is 2.17 bits per heavy atom. The molecule has 0 aliphatic heterocycles. The first kappa shape index (κ1) is 15.0. The molecule has 0 saturated carbocycles. The number of hydrogen-bond donors (Lipinski definition) is 2. The Morgan fingerprint density at radius 3 is 2.67 bits per heavy atom. The average molecular weight is 270 g/mol. The average Bonchev–Trinajstić information content (AvgIpc) is 2.32. The normalized spacial score (nSPS) is 14.1. The summed E-state index contributed by atoms with van der Waals surface area (Å²) >= 11 is 6.00. The van der Waals surface area contributed by atoms with E-state index in [1.807, 2.05) is 26.8 Å². The number of carbonyl (C=O) groups is 1. The van der Waals surface area contributed by atoms with Crippen LogP contribution in [0.1, 0.15) is 42.6 Å².